The highest BCUT2D eigenvalue weighted by atomic mass is 35.5. The van der Waals surface area contributed by atoms with Gasteiger partial charge in [0.25, 0.3) is 11.8 Å². The van der Waals surface area contributed by atoms with Crippen molar-refractivity contribution in [2.24, 2.45) is 17.8 Å². The molecule has 4 aromatic carbocycles. The van der Waals surface area contributed by atoms with E-state index in [2.05, 4.69) is 0 Å². The maximum Gasteiger partial charge on any atom is 0.258 e. The van der Waals surface area contributed by atoms with Gasteiger partial charge in [0.1, 0.15) is 11.6 Å². The number of aromatic hydroxyl groups is 1. The van der Waals surface area contributed by atoms with Gasteiger partial charge in [0.2, 0.25) is 11.8 Å². The minimum Gasteiger partial charge on any atom is -0.508 e. The van der Waals surface area contributed by atoms with Crippen LogP contribution in [0.25, 0.3) is 0 Å². The van der Waals surface area contributed by atoms with Crippen LogP contribution in [0.3, 0.4) is 0 Å². The summed E-state index contributed by atoms with van der Waals surface area (Å²) in [7, 11) is 0. The van der Waals surface area contributed by atoms with E-state index in [4.69, 9.17) is 34.8 Å². The summed E-state index contributed by atoms with van der Waals surface area (Å²) in [5.74, 6) is -7.40. The Balaban J connectivity index is 1.21. The zero-order chi connectivity index (χ0) is 36.0. The number of alkyl halides is 2. The fraction of sp³-hybridized carbons (Fsp3) is 0.205. The van der Waals surface area contributed by atoms with Crippen LogP contribution in [0.5, 0.6) is 5.75 Å². The topological polar surface area (TPSA) is 112 Å². The second-order valence-corrected chi connectivity index (χ2v) is 14.9. The number of phenolic OH excluding ortho intramolecular Hbond substituents is 1. The van der Waals surface area contributed by atoms with Crippen molar-refractivity contribution in [3.8, 4) is 5.75 Å². The number of imide groups is 2. The molecule has 0 radical (unpaired) electrons. The predicted molar refractivity (Wildman–Crippen MR) is 189 cm³/mol. The van der Waals surface area contributed by atoms with Crippen LogP contribution in [0.2, 0.25) is 5.02 Å². The van der Waals surface area contributed by atoms with Crippen molar-refractivity contribution in [1.29, 1.82) is 0 Å². The molecular weight excluding hydrogens is 718 g/mol. The first kappa shape index (κ1) is 33.3. The maximum absolute atomic E-state index is 14.5. The lowest BCUT2D eigenvalue weighted by molar-refractivity contribution is -0.125. The highest BCUT2D eigenvalue weighted by Gasteiger charge is 2.76. The number of anilines is 2. The first-order chi connectivity index (χ1) is 24.4. The molecule has 51 heavy (non-hydrogen) atoms. The number of allylic oxidation sites excluding steroid dienone is 2. The number of benzene rings is 4. The number of halogens is 4. The molecule has 4 aromatic rings. The van der Waals surface area contributed by atoms with Crippen molar-refractivity contribution < 1.29 is 33.5 Å². The summed E-state index contributed by atoms with van der Waals surface area (Å²) < 4.78 is 13.9. The first-order valence-electron chi connectivity index (χ1n) is 16.1. The van der Waals surface area contributed by atoms with Crippen LogP contribution in [-0.2, 0) is 19.2 Å². The summed E-state index contributed by atoms with van der Waals surface area (Å²) >= 11 is 21.4. The molecule has 2 aliphatic heterocycles. The molecule has 4 aliphatic rings. The molecule has 2 aliphatic carbocycles. The van der Waals surface area contributed by atoms with Gasteiger partial charge < -0.3 is 5.11 Å². The fourth-order valence-corrected chi connectivity index (χ4v) is 9.48. The van der Waals surface area contributed by atoms with Crippen LogP contribution < -0.4 is 9.80 Å². The molecule has 256 valence electrons. The van der Waals surface area contributed by atoms with Crippen molar-refractivity contribution in [2.75, 3.05) is 9.80 Å². The number of rotatable bonds is 5. The molecule has 2 heterocycles. The molecule has 0 aromatic heterocycles. The average molecular weight is 744 g/mol. The number of hydrogen-bond donors (Lipinski definition) is 1. The Morgan fingerprint density at radius 1 is 0.765 bits per heavy atom. The highest BCUT2D eigenvalue weighted by Crippen LogP contribution is 2.66. The van der Waals surface area contributed by atoms with E-state index in [1.807, 2.05) is 0 Å². The Morgan fingerprint density at radius 2 is 1.39 bits per heavy atom. The molecule has 3 fully saturated rings. The molecule has 6 unspecified atom stereocenters. The SMILES string of the molecule is O=C(c1ccccc1)c1ccc(N2C(=O)C3CC=C4C(CC5(Cl)C(=O)N(c6ccc(F)cc6)C(=O)C5(Cl)C4c4ccc(O)cc4Cl)C3C2=O)cc1. The molecule has 4 amide bonds. The largest absolute Gasteiger partial charge is 0.508 e. The van der Waals surface area contributed by atoms with Gasteiger partial charge in [0.15, 0.2) is 15.5 Å². The molecule has 1 N–H and O–H groups in total. The number of amides is 4. The van der Waals surface area contributed by atoms with Gasteiger partial charge in [0.05, 0.1) is 23.2 Å². The van der Waals surface area contributed by atoms with Crippen LogP contribution in [-0.4, -0.2) is 44.3 Å². The molecular formula is C39H26Cl3FN2O6. The van der Waals surface area contributed by atoms with Gasteiger partial charge in [-0.1, -0.05) is 59.6 Å². The second kappa shape index (κ2) is 11.9. The Labute approximate surface area is 306 Å². The molecule has 8 rings (SSSR count). The van der Waals surface area contributed by atoms with Gasteiger partial charge in [-0.15, -0.1) is 23.2 Å². The molecule has 0 bridgehead atoms. The van der Waals surface area contributed by atoms with Gasteiger partial charge in [-0.2, -0.15) is 0 Å². The number of ketones is 1. The lowest BCUT2D eigenvalue weighted by Gasteiger charge is -2.50. The van der Waals surface area contributed by atoms with Crippen molar-refractivity contribution >= 4 is 75.6 Å². The lowest BCUT2D eigenvalue weighted by Crippen LogP contribution is -2.60. The summed E-state index contributed by atoms with van der Waals surface area (Å²) in [6.45, 7) is 0. The van der Waals surface area contributed by atoms with E-state index in [9.17, 15) is 33.5 Å². The third-order valence-corrected chi connectivity index (χ3v) is 12.4. The van der Waals surface area contributed by atoms with Crippen LogP contribution >= 0.6 is 34.8 Å². The van der Waals surface area contributed by atoms with Gasteiger partial charge in [0, 0.05) is 22.1 Å². The van der Waals surface area contributed by atoms with E-state index >= 15 is 0 Å². The van der Waals surface area contributed by atoms with E-state index in [1.54, 1.807) is 60.7 Å². The number of carbonyl (C=O) groups is 5. The lowest BCUT2D eigenvalue weighted by atomic mass is 9.56. The zero-order valence-electron chi connectivity index (χ0n) is 26.4. The van der Waals surface area contributed by atoms with Crippen molar-refractivity contribution in [3.05, 3.63) is 136 Å². The van der Waals surface area contributed by atoms with E-state index in [0.717, 1.165) is 21.9 Å². The van der Waals surface area contributed by atoms with Crippen LogP contribution in [0.1, 0.15) is 40.2 Å². The monoisotopic (exact) mass is 742 g/mol. The standard InChI is InChI=1S/C39H26Cl3FN2O6/c40-30-18-25(46)14-15-27(30)32-26-16-17-28-31(29(26)19-38(41)36(50)45(37(51)39(32,38)42)24-12-8-22(43)9-13-24)35(49)44(34(28)48)23-10-6-21(7-11-23)33(47)20-4-2-1-3-5-20/h1-16,18,28-29,31-32,46H,17,19H2. The second-order valence-electron chi connectivity index (χ2n) is 13.2. The summed E-state index contributed by atoms with van der Waals surface area (Å²) in [4.78, 5) is 67.9. The average Bonchev–Trinajstić information content (AvgIpc) is 3.47. The van der Waals surface area contributed by atoms with Crippen molar-refractivity contribution in [1.82, 2.24) is 0 Å². The molecule has 8 nitrogen and oxygen atoms in total. The van der Waals surface area contributed by atoms with Gasteiger partial charge >= 0.3 is 0 Å². The number of hydrogen-bond acceptors (Lipinski definition) is 6. The minimum atomic E-state index is -2.16. The van der Waals surface area contributed by atoms with Crippen LogP contribution in [0, 0.1) is 23.6 Å². The minimum absolute atomic E-state index is 0.0452. The normalized spacial score (nSPS) is 28.4. The van der Waals surface area contributed by atoms with Crippen molar-refractivity contribution in [3.63, 3.8) is 0 Å². The maximum atomic E-state index is 14.5. The fourth-order valence-electron chi connectivity index (χ4n) is 8.27. The Kier molecular flexibility index (Phi) is 7.75. The molecule has 0 spiro atoms. The summed E-state index contributed by atoms with van der Waals surface area (Å²) in [6.07, 6.45) is 1.63. The Hall–Kier alpha value is -4.83. The summed E-state index contributed by atoms with van der Waals surface area (Å²) in [5.41, 5.74) is 2.01. The number of phenols is 1. The van der Waals surface area contributed by atoms with E-state index in [1.165, 1.54) is 30.3 Å². The zero-order valence-corrected chi connectivity index (χ0v) is 28.7. The highest BCUT2D eigenvalue weighted by molar-refractivity contribution is 6.58. The van der Waals surface area contributed by atoms with E-state index in [-0.39, 0.29) is 40.8 Å². The van der Waals surface area contributed by atoms with Gasteiger partial charge in [-0.25, -0.2) is 9.29 Å². The Morgan fingerprint density at radius 3 is 2.06 bits per heavy atom. The third kappa shape index (κ3) is 4.75. The van der Waals surface area contributed by atoms with Gasteiger partial charge in [-0.05, 0) is 85.0 Å². The number of carbonyl (C=O) groups excluding carboxylic acids is 5. The smallest absolute Gasteiger partial charge is 0.258 e. The van der Waals surface area contributed by atoms with Crippen molar-refractivity contribution in [2.45, 2.75) is 28.5 Å². The summed E-state index contributed by atoms with van der Waals surface area (Å²) in [6, 6.07) is 23.8. The number of fused-ring (bicyclic) bond motifs is 4. The van der Waals surface area contributed by atoms with E-state index < -0.39 is 62.9 Å². The Bertz CT molecular complexity index is 2210. The molecule has 2 saturated heterocycles. The predicted octanol–water partition coefficient (Wildman–Crippen LogP) is 7.18. The molecule has 6 atom stereocenters. The quantitative estimate of drug-likeness (QED) is 0.100. The first-order valence-corrected chi connectivity index (χ1v) is 17.3. The molecule has 12 heteroatoms. The number of nitrogens with zero attached hydrogens (tertiary/aromatic N) is 2. The molecule has 1 saturated carbocycles. The van der Waals surface area contributed by atoms with Crippen LogP contribution in [0.15, 0.2) is 109 Å². The summed E-state index contributed by atoms with van der Waals surface area (Å²) in [5, 5.41) is 10.2. The van der Waals surface area contributed by atoms with Gasteiger partial charge in [-0.3, -0.25) is 28.9 Å². The van der Waals surface area contributed by atoms with E-state index in [0.29, 0.717) is 22.3 Å². The third-order valence-electron chi connectivity index (χ3n) is 10.6. The van der Waals surface area contributed by atoms with Crippen LogP contribution in [0.4, 0.5) is 15.8 Å².